The third-order valence-corrected chi connectivity index (χ3v) is 4.70. The maximum atomic E-state index is 7.50. The van der Waals surface area contributed by atoms with Gasteiger partial charge in [-0.25, -0.2) is 4.76 Å². The fourth-order valence-electron chi connectivity index (χ4n) is 2.13. The zero-order valence-electron chi connectivity index (χ0n) is 17.2. The molecule has 0 N–H and O–H groups in total. The zero-order chi connectivity index (χ0) is 24.0. The van der Waals surface area contributed by atoms with Crippen LogP contribution in [-0.4, -0.2) is 5.45 Å². The van der Waals surface area contributed by atoms with Crippen LogP contribution in [0.2, 0.25) is 0 Å². The van der Waals surface area contributed by atoms with Crippen molar-refractivity contribution in [2.45, 2.75) is 34.6 Å². The smallest absolute Gasteiger partial charge is 0.121 e. The molecule has 0 bridgehead atoms. The molecular weight excluding hydrogens is 573 g/mol. The van der Waals surface area contributed by atoms with E-state index in [0.717, 1.165) is 8.73 Å². The predicted molar refractivity (Wildman–Crippen MR) is 104 cm³/mol. The molecule has 1 aromatic rings. The quantitative estimate of drug-likeness (QED) is 0.246. The summed E-state index contributed by atoms with van der Waals surface area (Å²) in [4.78, 5) is 0. The van der Waals surface area contributed by atoms with Gasteiger partial charge in [0, 0.05) is 26.6 Å². The molecule has 1 heterocycles. The molecule has 0 unspecified atom stereocenters. The first-order chi connectivity index (χ1) is 14.0. The number of hydrogen-bond acceptors (Lipinski definition) is 1. The molecule has 2 aliphatic rings. The second-order valence-corrected chi connectivity index (χ2v) is 5.84. The normalized spacial score (nSPS) is 15.1. The van der Waals surface area contributed by atoms with E-state index in [0.29, 0.717) is 0 Å². The summed E-state index contributed by atoms with van der Waals surface area (Å²) < 4.78 is 41.6. The SMILES string of the molecule is C[C]1[C](C)[C](C)[C](C)[C]1C.[C-]#[O+].[C-]#[O+].[C-]#[O+].[C-]#[O+].[C-]#[O+].[W].c1ccc(C2=N[P]2)cc1. The van der Waals surface area contributed by atoms with E-state index in [-0.39, 0.29) is 21.1 Å². The van der Waals surface area contributed by atoms with Gasteiger partial charge in [0.25, 0.3) is 0 Å². The van der Waals surface area contributed by atoms with Crippen molar-refractivity contribution < 1.29 is 44.3 Å². The second kappa shape index (κ2) is 27.7. The summed E-state index contributed by atoms with van der Waals surface area (Å²) in [5.41, 5.74) is 2.48. The number of hydrogen-bond donors (Lipinski definition) is 0. The van der Waals surface area contributed by atoms with Crippen LogP contribution in [-0.2, 0) is 44.3 Å². The molecule has 1 saturated carbocycles. The molecule has 0 saturated heterocycles. The third kappa shape index (κ3) is 15.5. The minimum absolute atomic E-state index is 0. The number of rotatable bonds is 1. The Balaban J connectivity index is -0.0000000962. The molecule has 8 heteroatoms. The van der Waals surface area contributed by atoms with Crippen molar-refractivity contribution in [3.05, 3.63) is 98.7 Å². The molecule has 0 amide bonds. The Kier molecular flexibility index (Phi) is 36.2. The zero-order valence-corrected chi connectivity index (χ0v) is 21.1. The molecule has 6 radical (unpaired) electrons. The first kappa shape index (κ1) is 39.2. The predicted octanol–water partition coefficient (Wildman–Crippen LogP) is 5.09. The van der Waals surface area contributed by atoms with Gasteiger partial charge in [-0.15, -0.1) is 0 Å². The Hall–Kier alpha value is -1.29. The summed E-state index contributed by atoms with van der Waals surface area (Å²) in [6, 6.07) is 10.2. The fraction of sp³-hybridized carbons (Fsp3) is 0.227. The van der Waals surface area contributed by atoms with Gasteiger partial charge in [0.2, 0.25) is 0 Å². The van der Waals surface area contributed by atoms with E-state index in [1.54, 1.807) is 0 Å². The van der Waals surface area contributed by atoms with Crippen molar-refractivity contribution in [1.82, 2.24) is 0 Å². The van der Waals surface area contributed by atoms with E-state index in [2.05, 4.69) is 84.8 Å². The number of nitrogens with zero attached hydrogens (tertiary/aromatic N) is 1. The monoisotopic (exact) mass is 593 g/mol. The molecule has 3 rings (SSSR count). The van der Waals surface area contributed by atoms with E-state index in [9.17, 15) is 0 Å². The van der Waals surface area contributed by atoms with Crippen LogP contribution in [0.15, 0.2) is 35.1 Å². The van der Waals surface area contributed by atoms with Gasteiger partial charge in [0.05, 0.1) is 5.45 Å². The van der Waals surface area contributed by atoms with Gasteiger partial charge in [-0.05, 0) is 29.6 Å². The van der Waals surface area contributed by atoms with Gasteiger partial charge in [-0.2, -0.15) is 0 Å². The summed E-state index contributed by atoms with van der Waals surface area (Å²) >= 11 is 0. The molecular formula is C22H20NO5PW. The molecule has 0 atom stereocenters. The summed E-state index contributed by atoms with van der Waals surface area (Å²) in [6.07, 6.45) is 0. The molecule has 30 heavy (non-hydrogen) atoms. The van der Waals surface area contributed by atoms with E-state index in [4.69, 9.17) is 23.3 Å². The van der Waals surface area contributed by atoms with Crippen molar-refractivity contribution in [3.63, 3.8) is 0 Å². The summed E-state index contributed by atoms with van der Waals surface area (Å²) in [5.74, 6) is 7.34. The maximum Gasteiger partial charge on any atom is 0.121 e. The van der Waals surface area contributed by atoms with Crippen LogP contribution in [0.1, 0.15) is 40.2 Å². The minimum Gasteiger partial charge on any atom is -0.245 e. The molecule has 0 spiro atoms. The molecule has 1 aliphatic heterocycles. The number of benzene rings is 1. The Morgan fingerprint density at radius 1 is 0.567 bits per heavy atom. The van der Waals surface area contributed by atoms with E-state index >= 15 is 0 Å². The third-order valence-electron chi connectivity index (χ3n) is 4.04. The van der Waals surface area contributed by atoms with Crippen LogP contribution in [0.4, 0.5) is 0 Å². The van der Waals surface area contributed by atoms with Crippen molar-refractivity contribution in [2.24, 2.45) is 4.76 Å². The van der Waals surface area contributed by atoms with Crippen molar-refractivity contribution >= 4 is 14.2 Å². The van der Waals surface area contributed by atoms with Crippen LogP contribution in [0, 0.1) is 62.8 Å². The molecule has 1 aliphatic carbocycles. The summed E-state index contributed by atoms with van der Waals surface area (Å²) in [6.45, 7) is 33.5. The molecule has 6 nitrogen and oxygen atoms in total. The first-order valence-electron chi connectivity index (χ1n) is 7.58. The average molecular weight is 593 g/mol. The van der Waals surface area contributed by atoms with Crippen LogP contribution in [0.3, 0.4) is 0 Å². The van der Waals surface area contributed by atoms with Gasteiger partial charge in [-0.3, -0.25) is 0 Å². The van der Waals surface area contributed by atoms with E-state index in [1.165, 1.54) is 40.6 Å². The Morgan fingerprint density at radius 3 is 1.00 bits per heavy atom. The topological polar surface area (TPSA) is 112 Å². The largest absolute Gasteiger partial charge is 0.245 e. The Labute approximate surface area is 196 Å². The summed E-state index contributed by atoms with van der Waals surface area (Å²) in [5, 5.41) is 0. The fourth-order valence-corrected chi connectivity index (χ4v) is 2.56. The van der Waals surface area contributed by atoms with Gasteiger partial charge in [0.15, 0.2) is 0 Å². The van der Waals surface area contributed by atoms with Crippen molar-refractivity contribution in [2.75, 3.05) is 0 Å². The Bertz CT molecular complexity index is 575. The van der Waals surface area contributed by atoms with Gasteiger partial charge >= 0.3 is 56.5 Å². The Morgan fingerprint density at radius 2 is 0.800 bits per heavy atom. The van der Waals surface area contributed by atoms with E-state index < -0.39 is 0 Å². The molecule has 154 valence electrons. The van der Waals surface area contributed by atoms with Crippen LogP contribution in [0.25, 0.3) is 0 Å². The first-order valence-corrected chi connectivity index (χ1v) is 8.43. The second-order valence-electron chi connectivity index (χ2n) is 5.01. The van der Waals surface area contributed by atoms with Crippen molar-refractivity contribution in [3.8, 4) is 0 Å². The molecule has 0 aromatic heterocycles. The standard InChI is InChI=1S/C10H15.C7H5NP.5CO.W/c1-6-7(2)9(4)10(5)8(6)3;1-2-4-6(5-3-1)7-8-9-7;5*1-2;/h1-5H3;1-5H;;;;;;. The van der Waals surface area contributed by atoms with Crippen LogP contribution < -0.4 is 0 Å². The average Bonchev–Trinajstić information content (AvgIpc) is 3.67. The summed E-state index contributed by atoms with van der Waals surface area (Å²) in [7, 11) is 1.15. The minimum atomic E-state index is 0. The van der Waals surface area contributed by atoms with Crippen molar-refractivity contribution in [1.29, 1.82) is 0 Å². The molecule has 1 fully saturated rings. The van der Waals surface area contributed by atoms with E-state index in [1.807, 2.05) is 18.2 Å². The molecule has 1 aromatic carbocycles. The van der Waals surface area contributed by atoms with Gasteiger partial charge in [0.1, 0.15) is 8.73 Å². The van der Waals surface area contributed by atoms with Gasteiger partial charge < -0.3 is 0 Å². The van der Waals surface area contributed by atoms with Crippen LogP contribution in [0.5, 0.6) is 0 Å². The van der Waals surface area contributed by atoms with Crippen LogP contribution >= 0.6 is 8.73 Å². The maximum absolute atomic E-state index is 7.50. The van der Waals surface area contributed by atoms with Gasteiger partial charge in [-0.1, -0.05) is 65.0 Å².